The predicted molar refractivity (Wildman–Crippen MR) is 146 cm³/mol. The summed E-state index contributed by atoms with van der Waals surface area (Å²) in [6.07, 6.45) is -4.22. The van der Waals surface area contributed by atoms with Crippen molar-refractivity contribution in [2.45, 2.75) is 12.2 Å². The number of hydrogen-bond donors (Lipinski definition) is 0. The molecule has 0 N–H and O–H groups in total. The summed E-state index contributed by atoms with van der Waals surface area (Å²) in [5.41, 5.74) is 0.151. The molecule has 0 heterocycles. The van der Waals surface area contributed by atoms with Gasteiger partial charge < -0.3 is 14.2 Å². The molecule has 0 saturated carbocycles. The molecule has 0 aliphatic heterocycles. The van der Waals surface area contributed by atoms with E-state index in [9.17, 15) is 28.5 Å². The largest absolute Gasteiger partial charge is 0.474 e. The molecular weight excluding hydrogens is 571 g/mol. The Bertz CT molecular complexity index is 1420. The zero-order valence-electron chi connectivity index (χ0n) is 22.6. The maximum atomic E-state index is 13.4. The third kappa shape index (κ3) is 9.02. The van der Waals surface area contributed by atoms with Crippen molar-refractivity contribution in [2.75, 3.05) is 27.4 Å². The molecule has 3 aromatic rings. The fraction of sp³-hybridized carbons (Fsp3) is 0.207. The van der Waals surface area contributed by atoms with E-state index in [1.165, 1.54) is 60.7 Å². The van der Waals surface area contributed by atoms with Gasteiger partial charge in [0, 0.05) is 14.2 Å². The van der Waals surface area contributed by atoms with Crippen LogP contribution in [0.3, 0.4) is 0 Å². The fourth-order valence-electron chi connectivity index (χ4n) is 3.39. The average Bonchev–Trinajstić information content (AvgIpc) is 3.04. The summed E-state index contributed by atoms with van der Waals surface area (Å²) < 4.78 is 42.4. The van der Waals surface area contributed by atoms with Crippen LogP contribution in [-0.4, -0.2) is 69.1 Å². The molecule has 0 bridgehead atoms. The Morgan fingerprint density at radius 1 is 0.571 bits per heavy atom. The summed E-state index contributed by atoms with van der Waals surface area (Å²) in [5.74, 6) is -5.19. The molecule has 0 fully saturated rings. The Labute approximate surface area is 241 Å². The van der Waals surface area contributed by atoms with E-state index in [1.54, 1.807) is 30.3 Å². The molecule has 1 unspecified atom stereocenters. The SMILES string of the molecule is COP(=O)(OC)OCC(=O)C(OC(=O)c1ccccc1)[C@@H](OC(=O)c1ccccc1)C(=O)COC(=O)c1ccccc1. The van der Waals surface area contributed by atoms with Crippen LogP contribution in [0.4, 0.5) is 0 Å². The minimum Gasteiger partial charge on any atom is -0.454 e. The highest BCUT2D eigenvalue weighted by molar-refractivity contribution is 7.48. The molecule has 0 aliphatic carbocycles. The van der Waals surface area contributed by atoms with Crippen LogP contribution >= 0.6 is 7.82 Å². The zero-order valence-corrected chi connectivity index (χ0v) is 23.5. The smallest absolute Gasteiger partial charge is 0.454 e. The first-order chi connectivity index (χ1) is 20.2. The third-order valence-corrected chi connectivity index (χ3v) is 6.90. The molecule has 0 aliphatic rings. The number of phosphoric acid groups is 1. The van der Waals surface area contributed by atoms with Gasteiger partial charge in [0.1, 0.15) is 6.61 Å². The summed E-state index contributed by atoms with van der Waals surface area (Å²) in [6.45, 7) is -2.00. The molecule has 12 nitrogen and oxygen atoms in total. The van der Waals surface area contributed by atoms with Gasteiger partial charge in [0.15, 0.2) is 6.61 Å². The molecular formula is C29H27O12P. The molecule has 42 heavy (non-hydrogen) atoms. The van der Waals surface area contributed by atoms with E-state index in [1.807, 2.05) is 0 Å². The van der Waals surface area contributed by atoms with Crippen LogP contribution in [0.25, 0.3) is 0 Å². The molecule has 3 rings (SSSR count). The van der Waals surface area contributed by atoms with E-state index in [0.29, 0.717) is 0 Å². The van der Waals surface area contributed by atoms with E-state index < -0.39 is 62.7 Å². The molecule has 0 spiro atoms. The molecule has 0 amide bonds. The Kier molecular flexibility index (Phi) is 11.8. The first kappa shape index (κ1) is 32.0. The zero-order chi connectivity index (χ0) is 30.5. The highest BCUT2D eigenvalue weighted by atomic mass is 31.2. The van der Waals surface area contributed by atoms with Gasteiger partial charge in [-0.1, -0.05) is 54.6 Å². The number of ether oxygens (including phenoxy) is 3. The number of ketones is 2. The Balaban J connectivity index is 1.94. The number of Topliss-reactive ketones (excluding diaryl/α,β-unsaturated/α-hetero) is 2. The Morgan fingerprint density at radius 3 is 1.31 bits per heavy atom. The van der Waals surface area contributed by atoms with Crippen molar-refractivity contribution in [3.05, 3.63) is 108 Å². The first-order valence-electron chi connectivity index (χ1n) is 12.3. The molecule has 2 atom stereocenters. The number of benzene rings is 3. The third-order valence-electron chi connectivity index (χ3n) is 5.56. The van der Waals surface area contributed by atoms with Gasteiger partial charge in [0.05, 0.1) is 16.7 Å². The van der Waals surface area contributed by atoms with Gasteiger partial charge in [-0.2, -0.15) is 0 Å². The van der Waals surface area contributed by atoms with Gasteiger partial charge in [-0.25, -0.2) is 18.9 Å². The molecule has 3 aromatic carbocycles. The maximum absolute atomic E-state index is 13.4. The minimum atomic E-state index is -4.18. The maximum Gasteiger partial charge on any atom is 0.474 e. The quantitative estimate of drug-likeness (QED) is 0.142. The van der Waals surface area contributed by atoms with Crippen molar-refractivity contribution in [1.29, 1.82) is 0 Å². The van der Waals surface area contributed by atoms with Crippen molar-refractivity contribution < 1.29 is 56.3 Å². The van der Waals surface area contributed by atoms with Gasteiger partial charge in [-0.05, 0) is 36.4 Å². The minimum absolute atomic E-state index is 0.00626. The summed E-state index contributed by atoms with van der Waals surface area (Å²) in [6, 6.07) is 22.7. The highest BCUT2D eigenvalue weighted by Crippen LogP contribution is 2.47. The van der Waals surface area contributed by atoms with E-state index in [2.05, 4.69) is 9.05 Å². The van der Waals surface area contributed by atoms with Crippen LogP contribution in [0.1, 0.15) is 31.1 Å². The van der Waals surface area contributed by atoms with Crippen molar-refractivity contribution >= 4 is 37.3 Å². The van der Waals surface area contributed by atoms with E-state index in [-0.39, 0.29) is 16.7 Å². The molecule has 220 valence electrons. The standard InChI is InChI=1S/C29H27O12P/c1-36-42(35,37-2)39-19-24(31)26(41-29(34)22-16-10-5-11-17-22)25(40-28(33)21-14-8-4-9-15-21)23(30)18-38-27(32)20-12-6-3-7-13-20/h3-17,25-26H,18-19H2,1-2H3/t25-,26?/m0/s1. The lowest BCUT2D eigenvalue weighted by molar-refractivity contribution is -0.147. The van der Waals surface area contributed by atoms with Crippen LogP contribution in [0.5, 0.6) is 0 Å². The van der Waals surface area contributed by atoms with Crippen LogP contribution in [0.2, 0.25) is 0 Å². The van der Waals surface area contributed by atoms with Crippen LogP contribution < -0.4 is 0 Å². The lowest BCUT2D eigenvalue weighted by Gasteiger charge is -2.25. The summed E-state index contributed by atoms with van der Waals surface area (Å²) in [5, 5.41) is 0. The monoisotopic (exact) mass is 598 g/mol. The second kappa shape index (κ2) is 15.5. The molecule has 0 radical (unpaired) electrons. The Hall–Kier alpha value is -4.48. The normalized spacial score (nSPS) is 12.4. The van der Waals surface area contributed by atoms with E-state index in [4.69, 9.17) is 18.7 Å². The molecule has 0 aromatic heterocycles. The van der Waals surface area contributed by atoms with Crippen molar-refractivity contribution in [3.63, 3.8) is 0 Å². The predicted octanol–water partition coefficient (Wildman–Crippen LogP) is 3.85. The van der Waals surface area contributed by atoms with Gasteiger partial charge in [-0.15, -0.1) is 0 Å². The van der Waals surface area contributed by atoms with Gasteiger partial charge in [-0.3, -0.25) is 23.2 Å². The Morgan fingerprint density at radius 2 is 0.929 bits per heavy atom. The van der Waals surface area contributed by atoms with Crippen LogP contribution in [0.15, 0.2) is 91.0 Å². The van der Waals surface area contributed by atoms with Crippen molar-refractivity contribution in [1.82, 2.24) is 0 Å². The number of esters is 3. The topological polar surface area (TPSA) is 158 Å². The molecule has 13 heteroatoms. The highest BCUT2D eigenvalue weighted by Gasteiger charge is 2.42. The molecule has 0 saturated heterocycles. The number of hydrogen-bond acceptors (Lipinski definition) is 12. The number of phosphoric ester groups is 1. The lowest BCUT2D eigenvalue weighted by atomic mass is 10.0. The number of rotatable bonds is 15. The van der Waals surface area contributed by atoms with Gasteiger partial charge in [0.2, 0.25) is 23.8 Å². The lowest BCUT2D eigenvalue weighted by Crippen LogP contribution is -2.48. The first-order valence-corrected chi connectivity index (χ1v) is 13.8. The van der Waals surface area contributed by atoms with Crippen LogP contribution in [-0.2, 0) is 41.9 Å². The second-order valence-electron chi connectivity index (χ2n) is 8.34. The second-order valence-corrected chi connectivity index (χ2v) is 10.2. The summed E-state index contributed by atoms with van der Waals surface area (Å²) in [4.78, 5) is 65.1. The van der Waals surface area contributed by atoms with E-state index in [0.717, 1.165) is 14.2 Å². The summed E-state index contributed by atoms with van der Waals surface area (Å²) >= 11 is 0. The summed E-state index contributed by atoms with van der Waals surface area (Å²) in [7, 11) is -2.16. The van der Waals surface area contributed by atoms with Gasteiger partial charge in [0.25, 0.3) is 0 Å². The van der Waals surface area contributed by atoms with E-state index >= 15 is 0 Å². The van der Waals surface area contributed by atoms with Crippen molar-refractivity contribution in [3.8, 4) is 0 Å². The number of carbonyl (C=O) groups is 5. The van der Waals surface area contributed by atoms with Gasteiger partial charge >= 0.3 is 25.7 Å². The fourth-order valence-corrected chi connectivity index (χ4v) is 4.03. The van der Waals surface area contributed by atoms with Crippen LogP contribution in [0, 0.1) is 0 Å². The van der Waals surface area contributed by atoms with Crippen molar-refractivity contribution in [2.24, 2.45) is 0 Å². The number of carbonyl (C=O) groups excluding carboxylic acids is 5. The average molecular weight is 598 g/mol.